The zero-order chi connectivity index (χ0) is 25.6. The van der Waals surface area contributed by atoms with Crippen molar-refractivity contribution in [1.82, 2.24) is 4.90 Å². The molecule has 6 nitrogen and oxygen atoms in total. The van der Waals surface area contributed by atoms with Crippen molar-refractivity contribution in [1.29, 1.82) is 0 Å². The molecular formula is C29H37NO5. The van der Waals surface area contributed by atoms with Crippen molar-refractivity contribution >= 4 is 17.4 Å². The number of ketones is 1. The molecule has 1 saturated heterocycles. The largest absolute Gasteiger partial charge is 0.507 e. The Kier molecular flexibility index (Phi) is 8.73. The van der Waals surface area contributed by atoms with Gasteiger partial charge in [0, 0.05) is 25.8 Å². The first-order valence-electron chi connectivity index (χ1n) is 12.3. The molecule has 1 atom stereocenters. The number of likely N-dealkylation sites (tertiary alicyclic amines) is 1. The van der Waals surface area contributed by atoms with Gasteiger partial charge in [-0.1, -0.05) is 70.5 Å². The van der Waals surface area contributed by atoms with Gasteiger partial charge in [-0.2, -0.15) is 0 Å². The highest BCUT2D eigenvalue weighted by atomic mass is 16.5. The van der Waals surface area contributed by atoms with Crippen molar-refractivity contribution in [3.8, 4) is 5.75 Å². The number of aliphatic hydroxyl groups excluding tert-OH is 1. The summed E-state index contributed by atoms with van der Waals surface area (Å²) in [7, 11) is 1.60. The van der Waals surface area contributed by atoms with Gasteiger partial charge in [-0.15, -0.1) is 0 Å². The number of ether oxygens (including phenoxy) is 2. The van der Waals surface area contributed by atoms with Gasteiger partial charge < -0.3 is 19.5 Å². The molecule has 1 heterocycles. The first kappa shape index (κ1) is 26.5. The van der Waals surface area contributed by atoms with E-state index in [-0.39, 0.29) is 16.7 Å². The maximum absolute atomic E-state index is 13.2. The van der Waals surface area contributed by atoms with Gasteiger partial charge in [0.2, 0.25) is 0 Å². The summed E-state index contributed by atoms with van der Waals surface area (Å²) in [5, 5.41) is 11.3. The fraction of sp³-hybridized carbons (Fsp3) is 0.448. The molecule has 1 N–H and O–H groups in total. The van der Waals surface area contributed by atoms with E-state index in [1.807, 2.05) is 30.3 Å². The second kappa shape index (κ2) is 11.5. The van der Waals surface area contributed by atoms with E-state index in [1.165, 1.54) is 0 Å². The predicted molar refractivity (Wildman–Crippen MR) is 137 cm³/mol. The van der Waals surface area contributed by atoms with Crippen LogP contribution >= 0.6 is 0 Å². The summed E-state index contributed by atoms with van der Waals surface area (Å²) >= 11 is 0. The smallest absolute Gasteiger partial charge is 0.295 e. The molecular weight excluding hydrogens is 442 g/mol. The molecule has 6 heteroatoms. The lowest BCUT2D eigenvalue weighted by Gasteiger charge is -2.26. The van der Waals surface area contributed by atoms with Crippen LogP contribution in [0.25, 0.3) is 5.76 Å². The van der Waals surface area contributed by atoms with Crippen LogP contribution in [0.4, 0.5) is 0 Å². The molecule has 1 amide bonds. The summed E-state index contributed by atoms with van der Waals surface area (Å²) in [6, 6.07) is 14.3. The van der Waals surface area contributed by atoms with Gasteiger partial charge in [0.05, 0.1) is 18.2 Å². The summed E-state index contributed by atoms with van der Waals surface area (Å²) in [4.78, 5) is 27.8. The average molecular weight is 480 g/mol. The number of methoxy groups -OCH3 is 1. The van der Waals surface area contributed by atoms with E-state index < -0.39 is 17.7 Å². The van der Waals surface area contributed by atoms with Crippen LogP contribution in [0.3, 0.4) is 0 Å². The van der Waals surface area contributed by atoms with E-state index in [0.29, 0.717) is 37.5 Å². The number of nitrogens with zero attached hydrogens (tertiary/aromatic N) is 1. The Morgan fingerprint density at radius 3 is 2.37 bits per heavy atom. The van der Waals surface area contributed by atoms with Crippen molar-refractivity contribution in [2.45, 2.75) is 58.4 Å². The minimum absolute atomic E-state index is 0.0307. The Labute approximate surface area is 208 Å². The summed E-state index contributed by atoms with van der Waals surface area (Å²) in [5.74, 6) is -0.864. The lowest BCUT2D eigenvalue weighted by Crippen LogP contribution is -2.31. The molecule has 0 radical (unpaired) electrons. The number of Topliss-reactive ketones (excluding diaryl/α,β-unsaturated/α-hetero) is 1. The number of aliphatic hydroxyl groups is 1. The Bertz CT molecular complexity index is 1070. The van der Waals surface area contributed by atoms with E-state index in [9.17, 15) is 14.7 Å². The van der Waals surface area contributed by atoms with Crippen LogP contribution in [0.2, 0.25) is 0 Å². The molecule has 1 aliphatic rings. The second-order valence-electron chi connectivity index (χ2n) is 9.94. The molecule has 0 saturated carbocycles. The van der Waals surface area contributed by atoms with Crippen LogP contribution in [-0.2, 0) is 19.7 Å². The molecule has 35 heavy (non-hydrogen) atoms. The van der Waals surface area contributed by atoms with E-state index >= 15 is 0 Å². The molecule has 1 aliphatic heterocycles. The highest BCUT2D eigenvalue weighted by Crippen LogP contribution is 2.40. The van der Waals surface area contributed by atoms with Gasteiger partial charge in [0.1, 0.15) is 11.5 Å². The number of benzene rings is 2. The monoisotopic (exact) mass is 479 g/mol. The number of unbranched alkanes of at least 4 members (excludes halogenated alkanes) is 1. The van der Waals surface area contributed by atoms with Crippen molar-refractivity contribution in [2.75, 3.05) is 26.9 Å². The van der Waals surface area contributed by atoms with Crippen LogP contribution in [0.5, 0.6) is 5.75 Å². The average Bonchev–Trinajstić information content (AvgIpc) is 3.08. The minimum Gasteiger partial charge on any atom is -0.507 e. The first-order chi connectivity index (χ1) is 16.7. The van der Waals surface area contributed by atoms with Crippen LogP contribution in [0.1, 0.15) is 69.7 Å². The quantitative estimate of drug-likeness (QED) is 0.207. The Hall–Kier alpha value is -3.12. The number of hydrogen-bond donors (Lipinski definition) is 1. The second-order valence-corrected chi connectivity index (χ2v) is 9.94. The minimum atomic E-state index is -0.679. The molecule has 188 valence electrons. The van der Waals surface area contributed by atoms with E-state index in [0.717, 1.165) is 24.0 Å². The molecule has 1 fully saturated rings. The van der Waals surface area contributed by atoms with E-state index in [4.69, 9.17) is 9.47 Å². The van der Waals surface area contributed by atoms with Gasteiger partial charge in [-0.05, 0) is 41.5 Å². The fourth-order valence-electron chi connectivity index (χ4n) is 4.22. The maximum atomic E-state index is 13.2. The van der Waals surface area contributed by atoms with E-state index in [1.54, 1.807) is 30.2 Å². The fourth-order valence-corrected chi connectivity index (χ4v) is 4.22. The van der Waals surface area contributed by atoms with Crippen molar-refractivity contribution < 1.29 is 24.2 Å². The molecule has 0 spiro atoms. The summed E-state index contributed by atoms with van der Waals surface area (Å²) in [6.45, 7) is 9.88. The van der Waals surface area contributed by atoms with Gasteiger partial charge in [0.25, 0.3) is 11.7 Å². The SMILES string of the molecule is CCCCOc1cccc(C(O)=C2C(=O)C(=O)N(CCCOC)C2c2ccc(C(C)(C)C)cc2)c1. The molecule has 0 aliphatic carbocycles. The summed E-state index contributed by atoms with van der Waals surface area (Å²) in [5.41, 5.74) is 2.45. The van der Waals surface area contributed by atoms with Gasteiger partial charge >= 0.3 is 0 Å². The van der Waals surface area contributed by atoms with Crippen LogP contribution in [0.15, 0.2) is 54.1 Å². The summed E-state index contributed by atoms with van der Waals surface area (Å²) in [6.07, 6.45) is 2.52. The predicted octanol–water partition coefficient (Wildman–Crippen LogP) is 5.62. The molecule has 2 aromatic carbocycles. The Morgan fingerprint density at radius 2 is 1.74 bits per heavy atom. The number of carbonyl (C=O) groups is 2. The highest BCUT2D eigenvalue weighted by molar-refractivity contribution is 6.46. The number of carbonyl (C=O) groups excluding carboxylic acids is 2. The van der Waals surface area contributed by atoms with Crippen molar-refractivity contribution in [3.63, 3.8) is 0 Å². The van der Waals surface area contributed by atoms with Crippen molar-refractivity contribution in [3.05, 3.63) is 70.8 Å². The molecule has 3 rings (SSSR count). The molecule has 2 aromatic rings. The Morgan fingerprint density at radius 1 is 1.03 bits per heavy atom. The molecule has 0 aromatic heterocycles. The van der Waals surface area contributed by atoms with Gasteiger partial charge in [-0.3, -0.25) is 9.59 Å². The van der Waals surface area contributed by atoms with Crippen LogP contribution < -0.4 is 4.74 Å². The standard InChI is InChI=1S/C29H37NO5/c1-6-7-18-35-23-11-8-10-21(19-23)26(31)24-25(20-12-14-22(15-13-20)29(2,3)4)30(16-9-17-34-5)28(33)27(24)32/h8,10-15,19,25,31H,6-7,9,16-18H2,1-5H3. The molecule has 1 unspecified atom stereocenters. The third-order valence-corrected chi connectivity index (χ3v) is 6.25. The normalized spacial score (nSPS) is 17.7. The van der Waals surface area contributed by atoms with Crippen LogP contribution in [-0.4, -0.2) is 48.6 Å². The number of amides is 1. The number of rotatable bonds is 10. The zero-order valence-electron chi connectivity index (χ0n) is 21.5. The topological polar surface area (TPSA) is 76.1 Å². The van der Waals surface area contributed by atoms with Gasteiger partial charge in [-0.25, -0.2) is 0 Å². The highest BCUT2D eigenvalue weighted by Gasteiger charge is 2.45. The number of hydrogen-bond acceptors (Lipinski definition) is 5. The van der Waals surface area contributed by atoms with Crippen molar-refractivity contribution in [2.24, 2.45) is 0 Å². The van der Waals surface area contributed by atoms with Crippen LogP contribution in [0, 0.1) is 0 Å². The third-order valence-electron chi connectivity index (χ3n) is 6.25. The first-order valence-corrected chi connectivity index (χ1v) is 12.3. The van der Waals surface area contributed by atoms with E-state index in [2.05, 4.69) is 27.7 Å². The summed E-state index contributed by atoms with van der Waals surface area (Å²) < 4.78 is 10.9. The lowest BCUT2D eigenvalue weighted by molar-refractivity contribution is -0.140. The maximum Gasteiger partial charge on any atom is 0.295 e. The Balaban J connectivity index is 2.06. The lowest BCUT2D eigenvalue weighted by atomic mass is 9.85. The van der Waals surface area contributed by atoms with Gasteiger partial charge in [0.15, 0.2) is 0 Å². The third kappa shape index (κ3) is 6.12. The molecule has 0 bridgehead atoms. The zero-order valence-corrected chi connectivity index (χ0v) is 21.5.